The Labute approximate surface area is 139 Å². The van der Waals surface area contributed by atoms with Gasteiger partial charge in [-0.15, -0.1) is 0 Å². The molecule has 0 saturated carbocycles. The van der Waals surface area contributed by atoms with Crippen LogP contribution in [0, 0.1) is 0 Å². The van der Waals surface area contributed by atoms with E-state index in [-0.39, 0.29) is 11.9 Å². The van der Waals surface area contributed by atoms with Crippen molar-refractivity contribution in [3.63, 3.8) is 0 Å². The van der Waals surface area contributed by atoms with E-state index in [2.05, 4.69) is 20.6 Å². The number of amides is 1. The molecule has 0 spiro atoms. The first kappa shape index (κ1) is 16.5. The Hall–Kier alpha value is -1.85. The number of carbonyl (C=O) groups is 1. The second-order valence-electron chi connectivity index (χ2n) is 4.80. The van der Waals surface area contributed by atoms with Crippen LogP contribution in [0.25, 0.3) is 0 Å². The smallest absolute Gasteiger partial charge is 0.254 e. The van der Waals surface area contributed by atoms with E-state index in [9.17, 15) is 4.79 Å². The van der Waals surface area contributed by atoms with Crippen molar-refractivity contribution in [2.24, 2.45) is 0 Å². The standard InChI is InChI=1S/C15H16Cl2N4O/c1-3-9(2)20-14(22)10-7-18-15(19-8-10)21-12-6-4-5-11(16)13(12)17/h4-9H,3H2,1-2H3,(H,20,22)(H,18,19,21). The maximum atomic E-state index is 11.9. The van der Waals surface area contributed by atoms with Crippen molar-refractivity contribution in [2.75, 3.05) is 5.32 Å². The predicted octanol–water partition coefficient (Wildman–Crippen LogP) is 4.06. The van der Waals surface area contributed by atoms with Crippen molar-refractivity contribution in [2.45, 2.75) is 26.3 Å². The maximum absolute atomic E-state index is 11.9. The molecule has 1 amide bonds. The average Bonchev–Trinajstić information content (AvgIpc) is 2.52. The number of benzene rings is 1. The highest BCUT2D eigenvalue weighted by Gasteiger charge is 2.10. The summed E-state index contributed by atoms with van der Waals surface area (Å²) in [5.74, 6) is 0.144. The second kappa shape index (κ2) is 7.42. The van der Waals surface area contributed by atoms with Gasteiger partial charge in [0.1, 0.15) is 0 Å². The molecule has 0 fully saturated rings. The molecule has 0 aliphatic heterocycles. The van der Waals surface area contributed by atoms with Crippen LogP contribution in [0.2, 0.25) is 10.0 Å². The number of carbonyl (C=O) groups excluding carboxylic acids is 1. The molecular weight excluding hydrogens is 323 g/mol. The van der Waals surface area contributed by atoms with Gasteiger partial charge < -0.3 is 10.6 Å². The van der Waals surface area contributed by atoms with Crippen molar-refractivity contribution in [1.29, 1.82) is 0 Å². The number of hydrogen-bond donors (Lipinski definition) is 2. The topological polar surface area (TPSA) is 66.9 Å². The summed E-state index contributed by atoms with van der Waals surface area (Å²) in [4.78, 5) is 20.2. The summed E-state index contributed by atoms with van der Waals surface area (Å²) in [5, 5.41) is 6.65. The highest BCUT2D eigenvalue weighted by atomic mass is 35.5. The molecule has 1 unspecified atom stereocenters. The number of nitrogens with zero attached hydrogens (tertiary/aromatic N) is 2. The number of anilines is 2. The van der Waals surface area contributed by atoms with Gasteiger partial charge in [-0.2, -0.15) is 0 Å². The zero-order valence-electron chi connectivity index (χ0n) is 12.2. The molecule has 2 aromatic rings. The predicted molar refractivity (Wildman–Crippen MR) is 89.0 cm³/mol. The Bertz CT molecular complexity index is 661. The SMILES string of the molecule is CCC(C)NC(=O)c1cnc(Nc2cccc(Cl)c2Cl)nc1. The first-order valence-corrected chi connectivity index (χ1v) is 7.60. The van der Waals surface area contributed by atoms with E-state index in [0.29, 0.717) is 27.2 Å². The van der Waals surface area contributed by atoms with Crippen molar-refractivity contribution in [3.05, 3.63) is 46.2 Å². The summed E-state index contributed by atoms with van der Waals surface area (Å²) in [5.41, 5.74) is 1.01. The average molecular weight is 339 g/mol. The van der Waals surface area contributed by atoms with Gasteiger partial charge in [-0.05, 0) is 25.5 Å². The summed E-state index contributed by atoms with van der Waals surface area (Å²) in [6.07, 6.45) is 3.79. The first-order valence-electron chi connectivity index (χ1n) is 6.85. The van der Waals surface area contributed by atoms with Gasteiger partial charge >= 0.3 is 0 Å². The van der Waals surface area contributed by atoms with Gasteiger partial charge in [-0.1, -0.05) is 36.2 Å². The molecule has 0 saturated heterocycles. The van der Waals surface area contributed by atoms with Crippen molar-refractivity contribution in [1.82, 2.24) is 15.3 Å². The largest absolute Gasteiger partial charge is 0.350 e. The fourth-order valence-corrected chi connectivity index (χ4v) is 1.99. The van der Waals surface area contributed by atoms with Crippen LogP contribution < -0.4 is 10.6 Å². The lowest BCUT2D eigenvalue weighted by atomic mass is 10.2. The monoisotopic (exact) mass is 338 g/mol. The molecule has 5 nitrogen and oxygen atoms in total. The Morgan fingerprint density at radius 3 is 2.59 bits per heavy atom. The maximum Gasteiger partial charge on any atom is 0.254 e. The van der Waals surface area contributed by atoms with Crippen LogP contribution >= 0.6 is 23.2 Å². The Kier molecular flexibility index (Phi) is 5.57. The van der Waals surface area contributed by atoms with Crippen LogP contribution in [0.1, 0.15) is 30.6 Å². The fraction of sp³-hybridized carbons (Fsp3) is 0.267. The third kappa shape index (κ3) is 4.08. The van der Waals surface area contributed by atoms with Gasteiger partial charge in [0.25, 0.3) is 5.91 Å². The Morgan fingerprint density at radius 1 is 1.27 bits per heavy atom. The van der Waals surface area contributed by atoms with Gasteiger partial charge in [-0.25, -0.2) is 9.97 Å². The molecular formula is C15H16Cl2N4O. The zero-order chi connectivity index (χ0) is 16.1. The van der Waals surface area contributed by atoms with Crippen LogP contribution in [-0.2, 0) is 0 Å². The summed E-state index contributed by atoms with van der Waals surface area (Å²) < 4.78 is 0. The minimum atomic E-state index is -0.193. The minimum absolute atomic E-state index is 0.107. The Balaban J connectivity index is 2.09. The van der Waals surface area contributed by atoms with Gasteiger partial charge in [0, 0.05) is 18.4 Å². The second-order valence-corrected chi connectivity index (χ2v) is 5.59. The first-order chi connectivity index (χ1) is 10.5. The molecule has 2 N–H and O–H groups in total. The normalized spacial score (nSPS) is 11.8. The van der Waals surface area contributed by atoms with E-state index in [4.69, 9.17) is 23.2 Å². The van der Waals surface area contributed by atoms with E-state index in [1.807, 2.05) is 13.8 Å². The van der Waals surface area contributed by atoms with Crippen LogP contribution in [0.15, 0.2) is 30.6 Å². The third-order valence-electron chi connectivity index (χ3n) is 3.10. The lowest BCUT2D eigenvalue weighted by Crippen LogP contribution is -2.32. The molecule has 116 valence electrons. The molecule has 0 aliphatic carbocycles. The van der Waals surface area contributed by atoms with E-state index < -0.39 is 0 Å². The molecule has 2 rings (SSSR count). The number of halogens is 2. The number of rotatable bonds is 5. The fourth-order valence-electron chi connectivity index (χ4n) is 1.64. The summed E-state index contributed by atoms with van der Waals surface area (Å²) in [7, 11) is 0. The van der Waals surface area contributed by atoms with E-state index in [0.717, 1.165) is 6.42 Å². The number of hydrogen-bond acceptors (Lipinski definition) is 4. The van der Waals surface area contributed by atoms with Gasteiger partial charge in [0.15, 0.2) is 0 Å². The molecule has 7 heteroatoms. The van der Waals surface area contributed by atoms with Gasteiger partial charge in [0.05, 0.1) is 21.3 Å². The minimum Gasteiger partial charge on any atom is -0.350 e. The number of aromatic nitrogens is 2. The molecule has 0 aliphatic rings. The van der Waals surface area contributed by atoms with E-state index in [1.165, 1.54) is 12.4 Å². The summed E-state index contributed by atoms with van der Waals surface area (Å²) >= 11 is 12.0. The van der Waals surface area contributed by atoms with Crippen molar-refractivity contribution < 1.29 is 4.79 Å². The highest BCUT2D eigenvalue weighted by molar-refractivity contribution is 6.43. The highest BCUT2D eigenvalue weighted by Crippen LogP contribution is 2.30. The molecule has 0 radical (unpaired) electrons. The lowest BCUT2D eigenvalue weighted by Gasteiger charge is -2.11. The molecule has 1 atom stereocenters. The van der Waals surface area contributed by atoms with Crippen LogP contribution in [-0.4, -0.2) is 21.9 Å². The molecule has 1 aromatic carbocycles. The molecule has 0 bridgehead atoms. The lowest BCUT2D eigenvalue weighted by molar-refractivity contribution is 0.0938. The molecule has 1 heterocycles. The zero-order valence-corrected chi connectivity index (χ0v) is 13.7. The molecule has 22 heavy (non-hydrogen) atoms. The van der Waals surface area contributed by atoms with E-state index in [1.54, 1.807) is 18.2 Å². The van der Waals surface area contributed by atoms with Gasteiger partial charge in [0.2, 0.25) is 5.95 Å². The van der Waals surface area contributed by atoms with Crippen LogP contribution in [0.3, 0.4) is 0 Å². The van der Waals surface area contributed by atoms with Crippen LogP contribution in [0.4, 0.5) is 11.6 Å². The van der Waals surface area contributed by atoms with Crippen molar-refractivity contribution in [3.8, 4) is 0 Å². The van der Waals surface area contributed by atoms with Crippen LogP contribution in [0.5, 0.6) is 0 Å². The van der Waals surface area contributed by atoms with Crippen molar-refractivity contribution >= 4 is 40.7 Å². The van der Waals surface area contributed by atoms with E-state index >= 15 is 0 Å². The number of nitrogens with one attached hydrogen (secondary N) is 2. The van der Waals surface area contributed by atoms with Gasteiger partial charge in [-0.3, -0.25) is 4.79 Å². The summed E-state index contributed by atoms with van der Waals surface area (Å²) in [6.45, 7) is 3.94. The quantitative estimate of drug-likeness (QED) is 0.862. The Morgan fingerprint density at radius 2 is 1.95 bits per heavy atom. The third-order valence-corrected chi connectivity index (χ3v) is 3.92. The summed E-state index contributed by atoms with van der Waals surface area (Å²) in [6, 6.07) is 5.33. The molecule has 1 aromatic heterocycles.